The van der Waals surface area contributed by atoms with Gasteiger partial charge in [0.1, 0.15) is 30.8 Å². The largest absolute Gasteiger partial charge is 0.490 e. The van der Waals surface area contributed by atoms with Gasteiger partial charge in [-0.1, -0.05) is 18.9 Å². The van der Waals surface area contributed by atoms with Gasteiger partial charge in [-0.05, 0) is 31.9 Å². The third kappa shape index (κ3) is 6.18. The van der Waals surface area contributed by atoms with E-state index in [4.69, 9.17) is 9.47 Å². The second kappa shape index (κ2) is 9.25. The molecule has 5 nitrogen and oxygen atoms in total. The maximum absolute atomic E-state index is 13.1. The van der Waals surface area contributed by atoms with Crippen molar-refractivity contribution in [2.45, 2.75) is 45.1 Å². The predicted octanol–water partition coefficient (Wildman–Crippen LogP) is 2.93. The normalized spacial score (nSPS) is 16.9. The van der Waals surface area contributed by atoms with Crippen molar-refractivity contribution in [2.24, 2.45) is 0 Å². The van der Waals surface area contributed by atoms with Crippen LogP contribution >= 0.6 is 0 Å². The quantitative estimate of drug-likeness (QED) is 0.749. The summed E-state index contributed by atoms with van der Waals surface area (Å²) >= 11 is 0. The molecule has 1 aliphatic heterocycles. The monoisotopic (exact) mass is 337 g/mol. The lowest BCUT2D eigenvalue weighted by Crippen LogP contribution is -2.39. The van der Waals surface area contributed by atoms with Gasteiger partial charge in [-0.15, -0.1) is 0 Å². The minimum Gasteiger partial charge on any atom is -0.490 e. The third-order valence-corrected chi connectivity index (χ3v) is 3.85. The first kappa shape index (κ1) is 18.2. The average molecular weight is 337 g/mol. The van der Waals surface area contributed by atoms with Crippen molar-refractivity contribution in [1.29, 1.82) is 0 Å². The van der Waals surface area contributed by atoms with E-state index in [1.807, 2.05) is 0 Å². The van der Waals surface area contributed by atoms with Gasteiger partial charge >= 0.3 is 5.97 Å². The second-order valence-electron chi connectivity index (χ2n) is 6.05. The maximum atomic E-state index is 13.1. The molecule has 1 aliphatic rings. The van der Waals surface area contributed by atoms with Gasteiger partial charge in [0.15, 0.2) is 0 Å². The number of hydrogen-bond acceptors (Lipinski definition) is 4. The molecular formula is C18H24FNO4. The minimum absolute atomic E-state index is 0.00955. The van der Waals surface area contributed by atoms with E-state index >= 15 is 0 Å². The number of ether oxygens (including phenoxy) is 2. The van der Waals surface area contributed by atoms with Crippen LogP contribution in [-0.4, -0.2) is 42.6 Å². The van der Waals surface area contributed by atoms with E-state index in [1.54, 1.807) is 24.0 Å². The Balaban J connectivity index is 1.75. The topological polar surface area (TPSA) is 55.8 Å². The van der Waals surface area contributed by atoms with Crippen molar-refractivity contribution in [1.82, 2.24) is 4.90 Å². The fraction of sp³-hybridized carbons (Fsp3) is 0.556. The van der Waals surface area contributed by atoms with Crippen LogP contribution in [0.5, 0.6) is 5.75 Å². The summed E-state index contributed by atoms with van der Waals surface area (Å²) in [5.41, 5.74) is 0. The molecule has 2 rings (SSSR count). The number of likely N-dealkylation sites (tertiary alicyclic amines) is 1. The van der Waals surface area contributed by atoms with E-state index in [9.17, 15) is 14.0 Å². The van der Waals surface area contributed by atoms with Crippen LogP contribution in [0.3, 0.4) is 0 Å². The Kier molecular flexibility index (Phi) is 7.03. The van der Waals surface area contributed by atoms with Crippen LogP contribution in [0, 0.1) is 5.82 Å². The standard InChI is InChI=1S/C18H24FNO4/c1-14(13-23-16-8-6-7-15(19)11-16)24-18(22)12-20-10-5-3-2-4-9-17(20)21/h6-8,11,14H,2-5,9-10,12-13H2,1H3. The summed E-state index contributed by atoms with van der Waals surface area (Å²) in [5.74, 6) is -0.431. The Bertz CT molecular complexity index is 564. The Morgan fingerprint density at radius 3 is 2.88 bits per heavy atom. The molecule has 1 heterocycles. The molecule has 1 fully saturated rings. The molecule has 1 aromatic carbocycles. The highest BCUT2D eigenvalue weighted by Crippen LogP contribution is 2.13. The van der Waals surface area contributed by atoms with Crippen LogP contribution in [-0.2, 0) is 14.3 Å². The first-order valence-electron chi connectivity index (χ1n) is 8.40. The van der Waals surface area contributed by atoms with E-state index in [1.165, 1.54) is 12.1 Å². The first-order chi connectivity index (χ1) is 11.5. The number of carbonyl (C=O) groups excluding carboxylic acids is 2. The Hall–Kier alpha value is -2.11. The predicted molar refractivity (Wildman–Crippen MR) is 87.1 cm³/mol. The molecule has 1 amide bonds. The molecule has 1 saturated heterocycles. The van der Waals surface area contributed by atoms with E-state index in [0.717, 1.165) is 25.7 Å². The number of esters is 1. The van der Waals surface area contributed by atoms with Gasteiger partial charge in [-0.3, -0.25) is 9.59 Å². The van der Waals surface area contributed by atoms with Gasteiger partial charge in [0.25, 0.3) is 0 Å². The molecule has 1 aromatic rings. The molecule has 0 bridgehead atoms. The number of carbonyl (C=O) groups is 2. The molecule has 0 saturated carbocycles. The SMILES string of the molecule is CC(COc1cccc(F)c1)OC(=O)CN1CCCCCCC1=O. The molecule has 1 atom stereocenters. The lowest BCUT2D eigenvalue weighted by Gasteiger charge is -2.24. The van der Waals surface area contributed by atoms with Crippen molar-refractivity contribution in [3.63, 3.8) is 0 Å². The summed E-state index contributed by atoms with van der Waals surface area (Å²) in [6, 6.07) is 5.79. The molecule has 0 N–H and O–H groups in total. The number of halogens is 1. The first-order valence-corrected chi connectivity index (χ1v) is 8.40. The zero-order valence-electron chi connectivity index (χ0n) is 14.0. The van der Waals surface area contributed by atoms with Gasteiger partial charge < -0.3 is 14.4 Å². The van der Waals surface area contributed by atoms with Gasteiger partial charge in [-0.25, -0.2) is 4.39 Å². The Labute approximate surface area is 141 Å². The van der Waals surface area contributed by atoms with Gasteiger partial charge in [0.05, 0.1) is 0 Å². The summed E-state index contributed by atoms with van der Waals surface area (Å²) in [7, 11) is 0. The number of rotatable bonds is 6. The Morgan fingerprint density at radius 2 is 2.08 bits per heavy atom. The lowest BCUT2D eigenvalue weighted by atomic mass is 10.1. The smallest absolute Gasteiger partial charge is 0.326 e. The van der Waals surface area contributed by atoms with E-state index in [2.05, 4.69) is 0 Å². The number of benzene rings is 1. The van der Waals surface area contributed by atoms with E-state index in [0.29, 0.717) is 18.7 Å². The molecule has 132 valence electrons. The van der Waals surface area contributed by atoms with Gasteiger partial charge in [0, 0.05) is 19.0 Å². The van der Waals surface area contributed by atoms with Crippen LogP contribution in [0.25, 0.3) is 0 Å². The minimum atomic E-state index is -0.481. The maximum Gasteiger partial charge on any atom is 0.326 e. The zero-order valence-corrected chi connectivity index (χ0v) is 14.0. The molecular weight excluding hydrogens is 313 g/mol. The fourth-order valence-electron chi connectivity index (χ4n) is 2.60. The Morgan fingerprint density at radius 1 is 1.29 bits per heavy atom. The molecule has 0 radical (unpaired) electrons. The second-order valence-corrected chi connectivity index (χ2v) is 6.05. The summed E-state index contributed by atoms with van der Waals surface area (Å²) in [5, 5.41) is 0. The van der Waals surface area contributed by atoms with Gasteiger partial charge in [0.2, 0.25) is 5.91 Å². The van der Waals surface area contributed by atoms with Crippen molar-refractivity contribution < 1.29 is 23.5 Å². The molecule has 24 heavy (non-hydrogen) atoms. The molecule has 1 unspecified atom stereocenters. The van der Waals surface area contributed by atoms with Crippen LogP contribution in [0.1, 0.15) is 39.0 Å². The number of nitrogens with zero attached hydrogens (tertiary/aromatic N) is 1. The molecule has 0 aromatic heterocycles. The molecule has 6 heteroatoms. The highest BCUT2D eigenvalue weighted by molar-refractivity contribution is 5.82. The third-order valence-electron chi connectivity index (χ3n) is 3.85. The van der Waals surface area contributed by atoms with Crippen LogP contribution in [0.4, 0.5) is 4.39 Å². The van der Waals surface area contributed by atoms with Crippen LogP contribution < -0.4 is 4.74 Å². The summed E-state index contributed by atoms with van der Waals surface area (Å²) in [4.78, 5) is 25.6. The molecule has 0 spiro atoms. The van der Waals surface area contributed by atoms with Crippen molar-refractivity contribution >= 4 is 11.9 Å². The zero-order chi connectivity index (χ0) is 17.4. The highest BCUT2D eigenvalue weighted by Gasteiger charge is 2.20. The van der Waals surface area contributed by atoms with E-state index in [-0.39, 0.29) is 24.9 Å². The lowest BCUT2D eigenvalue weighted by molar-refractivity contribution is -0.154. The van der Waals surface area contributed by atoms with E-state index < -0.39 is 12.1 Å². The highest BCUT2D eigenvalue weighted by atomic mass is 19.1. The van der Waals surface area contributed by atoms with Crippen LogP contribution in [0.2, 0.25) is 0 Å². The van der Waals surface area contributed by atoms with Crippen molar-refractivity contribution in [3.05, 3.63) is 30.1 Å². The van der Waals surface area contributed by atoms with Gasteiger partial charge in [-0.2, -0.15) is 0 Å². The number of hydrogen-bond donors (Lipinski definition) is 0. The molecule has 0 aliphatic carbocycles. The van der Waals surface area contributed by atoms with Crippen LogP contribution in [0.15, 0.2) is 24.3 Å². The van der Waals surface area contributed by atoms with Crippen molar-refractivity contribution in [2.75, 3.05) is 19.7 Å². The van der Waals surface area contributed by atoms with Crippen molar-refractivity contribution in [3.8, 4) is 5.75 Å². The average Bonchev–Trinajstić information content (AvgIpc) is 2.53. The summed E-state index contributed by atoms with van der Waals surface area (Å²) in [6.07, 6.45) is 3.95. The number of amides is 1. The summed E-state index contributed by atoms with van der Waals surface area (Å²) < 4.78 is 23.7. The fourth-order valence-corrected chi connectivity index (χ4v) is 2.60. The summed E-state index contributed by atoms with van der Waals surface area (Å²) in [6.45, 7) is 2.40.